The zero-order valence-corrected chi connectivity index (χ0v) is 15.5. The molecule has 3 rings (SSSR count). The van der Waals surface area contributed by atoms with Gasteiger partial charge in [-0.2, -0.15) is 0 Å². The summed E-state index contributed by atoms with van der Waals surface area (Å²) < 4.78 is 0. The van der Waals surface area contributed by atoms with E-state index in [1.165, 1.54) is 6.07 Å². The van der Waals surface area contributed by atoms with Crippen molar-refractivity contribution < 1.29 is 4.92 Å². The molecule has 1 aromatic carbocycles. The van der Waals surface area contributed by atoms with Crippen molar-refractivity contribution in [2.45, 2.75) is 13.0 Å². The maximum absolute atomic E-state index is 11.3. The smallest absolute Gasteiger partial charge is 0.311 e. The summed E-state index contributed by atoms with van der Waals surface area (Å²) in [5.74, 6) is 1.31. The molecule has 0 saturated carbocycles. The molecule has 0 bridgehead atoms. The SMILES string of the molecule is O=[N+]([O-])c1ccc(NCC2CCNC2)nc1NCc1c(Cl)cccc1Cl. The fourth-order valence-electron chi connectivity index (χ4n) is 2.84. The van der Waals surface area contributed by atoms with Crippen molar-refractivity contribution in [3.05, 3.63) is 56.1 Å². The Bertz CT molecular complexity index is 776. The number of aromatic nitrogens is 1. The lowest BCUT2D eigenvalue weighted by atomic mass is 10.1. The molecule has 2 aromatic rings. The van der Waals surface area contributed by atoms with Crippen LogP contribution < -0.4 is 16.0 Å². The zero-order valence-electron chi connectivity index (χ0n) is 14.0. The summed E-state index contributed by atoms with van der Waals surface area (Å²) in [5, 5.41) is 21.8. The highest BCUT2D eigenvalue weighted by atomic mass is 35.5. The molecule has 1 unspecified atom stereocenters. The van der Waals surface area contributed by atoms with Crippen LogP contribution in [-0.4, -0.2) is 29.5 Å². The number of rotatable bonds is 7. The average Bonchev–Trinajstić information content (AvgIpc) is 3.13. The molecule has 26 heavy (non-hydrogen) atoms. The molecule has 1 fully saturated rings. The first-order chi connectivity index (χ1) is 12.5. The minimum Gasteiger partial charge on any atom is -0.370 e. The van der Waals surface area contributed by atoms with E-state index in [4.69, 9.17) is 23.2 Å². The van der Waals surface area contributed by atoms with E-state index < -0.39 is 4.92 Å². The molecular weight excluding hydrogens is 377 g/mol. The van der Waals surface area contributed by atoms with Crippen LogP contribution in [0.15, 0.2) is 30.3 Å². The number of hydrogen-bond donors (Lipinski definition) is 3. The number of benzene rings is 1. The van der Waals surface area contributed by atoms with Crippen LogP contribution >= 0.6 is 23.2 Å². The Balaban J connectivity index is 1.74. The average molecular weight is 396 g/mol. The van der Waals surface area contributed by atoms with E-state index >= 15 is 0 Å². The van der Waals surface area contributed by atoms with Gasteiger partial charge >= 0.3 is 5.69 Å². The molecule has 1 atom stereocenters. The molecule has 138 valence electrons. The van der Waals surface area contributed by atoms with E-state index in [1.54, 1.807) is 24.3 Å². The highest BCUT2D eigenvalue weighted by Crippen LogP contribution is 2.28. The third-order valence-corrected chi connectivity index (χ3v) is 5.01. The minimum absolute atomic E-state index is 0.0961. The van der Waals surface area contributed by atoms with Gasteiger partial charge in [-0.15, -0.1) is 0 Å². The molecule has 3 N–H and O–H groups in total. The van der Waals surface area contributed by atoms with Crippen LogP contribution in [-0.2, 0) is 6.54 Å². The molecule has 1 saturated heterocycles. The van der Waals surface area contributed by atoms with E-state index in [1.807, 2.05) is 0 Å². The van der Waals surface area contributed by atoms with Crippen LogP contribution in [0.2, 0.25) is 10.0 Å². The van der Waals surface area contributed by atoms with Gasteiger partial charge in [0, 0.05) is 34.8 Å². The van der Waals surface area contributed by atoms with Crippen molar-refractivity contribution >= 4 is 40.5 Å². The van der Waals surface area contributed by atoms with E-state index in [9.17, 15) is 10.1 Å². The van der Waals surface area contributed by atoms with Crippen LogP contribution in [0.5, 0.6) is 0 Å². The second-order valence-corrected chi connectivity index (χ2v) is 6.93. The number of pyridine rings is 1. The predicted octanol–water partition coefficient (Wildman–Crippen LogP) is 3.93. The Morgan fingerprint density at radius 2 is 2.00 bits per heavy atom. The Labute approximate surface area is 161 Å². The number of anilines is 2. The lowest BCUT2D eigenvalue weighted by Crippen LogP contribution is -2.18. The fraction of sp³-hybridized carbons (Fsp3) is 0.353. The van der Waals surface area contributed by atoms with Gasteiger partial charge in [0.1, 0.15) is 5.82 Å². The number of nitro groups is 1. The fourth-order valence-corrected chi connectivity index (χ4v) is 3.37. The van der Waals surface area contributed by atoms with Crippen molar-refractivity contribution in [2.24, 2.45) is 5.92 Å². The molecule has 9 heteroatoms. The predicted molar refractivity (Wildman–Crippen MR) is 104 cm³/mol. The van der Waals surface area contributed by atoms with Gasteiger partial charge in [-0.3, -0.25) is 10.1 Å². The van der Waals surface area contributed by atoms with Gasteiger partial charge in [-0.25, -0.2) is 4.98 Å². The third kappa shape index (κ3) is 4.55. The van der Waals surface area contributed by atoms with E-state index in [0.29, 0.717) is 27.3 Å². The lowest BCUT2D eigenvalue weighted by Gasteiger charge is -2.13. The van der Waals surface area contributed by atoms with Gasteiger partial charge in [-0.1, -0.05) is 29.3 Å². The molecule has 0 radical (unpaired) electrons. The summed E-state index contributed by atoms with van der Waals surface area (Å²) in [6, 6.07) is 8.25. The topological polar surface area (TPSA) is 92.1 Å². The summed E-state index contributed by atoms with van der Waals surface area (Å²) in [4.78, 5) is 15.2. The second-order valence-electron chi connectivity index (χ2n) is 6.11. The molecule has 0 amide bonds. The molecule has 1 aliphatic rings. The maximum Gasteiger partial charge on any atom is 0.311 e. The normalized spacial score (nSPS) is 16.5. The van der Waals surface area contributed by atoms with Crippen LogP contribution in [0.25, 0.3) is 0 Å². The first-order valence-electron chi connectivity index (χ1n) is 8.31. The van der Waals surface area contributed by atoms with E-state index in [0.717, 1.165) is 26.1 Å². The monoisotopic (exact) mass is 395 g/mol. The van der Waals surface area contributed by atoms with Crippen molar-refractivity contribution in [3.8, 4) is 0 Å². The van der Waals surface area contributed by atoms with Gasteiger partial charge in [0.2, 0.25) is 5.82 Å². The second kappa shape index (κ2) is 8.53. The quantitative estimate of drug-likeness (QED) is 0.485. The van der Waals surface area contributed by atoms with Crippen LogP contribution in [0.4, 0.5) is 17.3 Å². The van der Waals surface area contributed by atoms with E-state index in [-0.39, 0.29) is 18.1 Å². The lowest BCUT2D eigenvalue weighted by molar-refractivity contribution is -0.384. The van der Waals surface area contributed by atoms with Gasteiger partial charge < -0.3 is 16.0 Å². The first-order valence-corrected chi connectivity index (χ1v) is 9.07. The Morgan fingerprint density at radius 3 is 2.65 bits per heavy atom. The molecule has 1 aliphatic heterocycles. The molecule has 0 aliphatic carbocycles. The van der Waals surface area contributed by atoms with Crippen LogP contribution in [0.1, 0.15) is 12.0 Å². The van der Waals surface area contributed by atoms with Crippen LogP contribution in [0, 0.1) is 16.0 Å². The van der Waals surface area contributed by atoms with Gasteiger partial charge in [0.15, 0.2) is 0 Å². The van der Waals surface area contributed by atoms with Gasteiger partial charge in [-0.05, 0) is 43.6 Å². The number of hydrogen-bond acceptors (Lipinski definition) is 6. The summed E-state index contributed by atoms with van der Waals surface area (Å²) in [6.07, 6.45) is 1.11. The Morgan fingerprint density at radius 1 is 1.23 bits per heavy atom. The standard InChI is InChI=1S/C17H19Cl2N5O2/c18-13-2-1-3-14(19)12(13)10-22-17-15(24(25)26)4-5-16(23-17)21-9-11-6-7-20-8-11/h1-5,11,20H,6-10H2,(H2,21,22,23). The van der Waals surface area contributed by atoms with Crippen molar-refractivity contribution in [1.29, 1.82) is 0 Å². The van der Waals surface area contributed by atoms with Crippen LogP contribution in [0.3, 0.4) is 0 Å². The first kappa shape index (κ1) is 18.7. The number of halogens is 2. The van der Waals surface area contributed by atoms with Gasteiger partial charge in [0.05, 0.1) is 4.92 Å². The van der Waals surface area contributed by atoms with Crippen molar-refractivity contribution in [3.63, 3.8) is 0 Å². The third-order valence-electron chi connectivity index (χ3n) is 4.30. The van der Waals surface area contributed by atoms with Crippen molar-refractivity contribution in [2.75, 3.05) is 30.3 Å². The highest BCUT2D eigenvalue weighted by molar-refractivity contribution is 6.36. The van der Waals surface area contributed by atoms with Gasteiger partial charge in [0.25, 0.3) is 0 Å². The summed E-state index contributed by atoms with van der Waals surface area (Å²) in [7, 11) is 0. The summed E-state index contributed by atoms with van der Waals surface area (Å²) >= 11 is 12.3. The minimum atomic E-state index is -0.464. The Hall–Kier alpha value is -2.09. The molecule has 0 spiro atoms. The van der Waals surface area contributed by atoms with Crippen molar-refractivity contribution in [1.82, 2.24) is 10.3 Å². The Kier molecular flexibility index (Phi) is 6.13. The number of nitrogens with one attached hydrogen (secondary N) is 3. The van der Waals surface area contributed by atoms with E-state index in [2.05, 4.69) is 20.9 Å². The molecule has 2 heterocycles. The number of nitrogens with zero attached hydrogens (tertiary/aromatic N) is 2. The molecule has 1 aromatic heterocycles. The molecule has 7 nitrogen and oxygen atoms in total. The largest absolute Gasteiger partial charge is 0.370 e. The summed E-state index contributed by atoms with van der Waals surface area (Å²) in [5.41, 5.74) is 0.573. The highest BCUT2D eigenvalue weighted by Gasteiger charge is 2.18. The zero-order chi connectivity index (χ0) is 18.5. The molecular formula is C17H19Cl2N5O2. The summed E-state index contributed by atoms with van der Waals surface area (Å²) in [6.45, 7) is 3.00. The maximum atomic E-state index is 11.3.